The van der Waals surface area contributed by atoms with Crippen LogP contribution < -0.4 is 5.32 Å². The van der Waals surface area contributed by atoms with E-state index in [1.807, 2.05) is 67.6 Å². The highest BCUT2D eigenvalue weighted by molar-refractivity contribution is 8.15. The molecule has 3 aromatic rings. The summed E-state index contributed by atoms with van der Waals surface area (Å²) in [4.78, 5) is 12.2. The van der Waals surface area contributed by atoms with Crippen LogP contribution in [0.5, 0.6) is 0 Å². The molecule has 140 valence electrons. The van der Waals surface area contributed by atoms with Gasteiger partial charge in [-0.3, -0.25) is 4.79 Å². The third-order valence-electron chi connectivity index (χ3n) is 4.30. The smallest absolute Gasteiger partial charge is 0.239 e. The standard InChI is InChI=1S/C22H19N3O2S/c1-15-6-5-7-16(12-15)13-20-21(26)24-22(28-20)25-23-14-18-10-11-19(27-18)17-8-3-2-4-9-17/h2-12,14,20H,13H2,1H3,(H,24,25,26)/b23-14+. The lowest BCUT2D eigenvalue weighted by atomic mass is 10.1. The number of benzene rings is 2. The first-order valence-corrected chi connectivity index (χ1v) is 9.85. The average Bonchev–Trinajstić information content (AvgIpc) is 3.30. The van der Waals surface area contributed by atoms with Gasteiger partial charge in [0, 0.05) is 5.56 Å². The molecule has 1 aliphatic rings. The van der Waals surface area contributed by atoms with Crippen molar-refractivity contribution in [2.24, 2.45) is 10.2 Å². The molecular formula is C22H19N3O2S. The summed E-state index contributed by atoms with van der Waals surface area (Å²) in [6.45, 7) is 2.05. The van der Waals surface area contributed by atoms with Gasteiger partial charge in [-0.25, -0.2) is 0 Å². The molecule has 0 aliphatic carbocycles. The highest BCUT2D eigenvalue weighted by atomic mass is 32.2. The van der Waals surface area contributed by atoms with Crippen LogP contribution in [0.2, 0.25) is 0 Å². The molecule has 0 spiro atoms. The Morgan fingerprint density at radius 1 is 1.11 bits per heavy atom. The van der Waals surface area contributed by atoms with Crippen LogP contribution >= 0.6 is 11.8 Å². The summed E-state index contributed by atoms with van der Waals surface area (Å²) in [5.74, 6) is 1.34. The van der Waals surface area contributed by atoms with Crippen molar-refractivity contribution in [2.75, 3.05) is 0 Å². The molecule has 0 radical (unpaired) electrons. The van der Waals surface area contributed by atoms with Crippen LogP contribution in [0.1, 0.15) is 16.9 Å². The van der Waals surface area contributed by atoms with E-state index in [1.165, 1.54) is 17.3 Å². The van der Waals surface area contributed by atoms with Gasteiger partial charge < -0.3 is 9.73 Å². The number of thioether (sulfide) groups is 1. The summed E-state index contributed by atoms with van der Waals surface area (Å²) in [5.41, 5.74) is 3.33. The number of amides is 1. The molecule has 28 heavy (non-hydrogen) atoms. The van der Waals surface area contributed by atoms with Gasteiger partial charge in [0.2, 0.25) is 5.91 Å². The zero-order valence-electron chi connectivity index (χ0n) is 15.3. The molecule has 1 saturated heterocycles. The zero-order chi connectivity index (χ0) is 19.3. The third-order valence-corrected chi connectivity index (χ3v) is 5.37. The van der Waals surface area contributed by atoms with Crippen LogP contribution in [-0.2, 0) is 11.2 Å². The van der Waals surface area contributed by atoms with Crippen molar-refractivity contribution in [3.05, 3.63) is 83.6 Å². The number of aryl methyl sites for hydroxylation is 1. The topological polar surface area (TPSA) is 67.0 Å². The predicted molar refractivity (Wildman–Crippen MR) is 114 cm³/mol. The molecule has 1 unspecified atom stereocenters. The van der Waals surface area contributed by atoms with Crippen LogP contribution in [0.4, 0.5) is 0 Å². The van der Waals surface area contributed by atoms with Gasteiger partial charge in [0.1, 0.15) is 11.5 Å². The maximum absolute atomic E-state index is 12.2. The minimum atomic E-state index is -0.191. The monoisotopic (exact) mass is 389 g/mol. The minimum Gasteiger partial charge on any atom is -0.455 e. The molecule has 1 atom stereocenters. The van der Waals surface area contributed by atoms with Crippen molar-refractivity contribution < 1.29 is 9.21 Å². The van der Waals surface area contributed by atoms with Crippen molar-refractivity contribution in [2.45, 2.75) is 18.6 Å². The van der Waals surface area contributed by atoms with Gasteiger partial charge in [0.05, 0.1) is 11.5 Å². The van der Waals surface area contributed by atoms with Gasteiger partial charge >= 0.3 is 0 Å². The Kier molecular flexibility index (Phi) is 5.39. The van der Waals surface area contributed by atoms with Crippen LogP contribution in [-0.4, -0.2) is 22.5 Å². The Balaban J connectivity index is 1.39. The van der Waals surface area contributed by atoms with Gasteiger partial charge in [0.15, 0.2) is 5.17 Å². The summed E-state index contributed by atoms with van der Waals surface area (Å²) < 4.78 is 5.75. The second-order valence-corrected chi connectivity index (χ2v) is 7.70. The lowest BCUT2D eigenvalue weighted by molar-refractivity contribution is -0.118. The van der Waals surface area contributed by atoms with Gasteiger partial charge in [-0.15, -0.1) is 5.10 Å². The fourth-order valence-electron chi connectivity index (χ4n) is 2.96. The number of carbonyl (C=O) groups excluding carboxylic acids is 1. The summed E-state index contributed by atoms with van der Waals surface area (Å²) >= 11 is 1.40. The number of carbonyl (C=O) groups is 1. The van der Waals surface area contributed by atoms with E-state index >= 15 is 0 Å². The maximum Gasteiger partial charge on any atom is 0.239 e. The minimum absolute atomic E-state index is 0.0372. The summed E-state index contributed by atoms with van der Waals surface area (Å²) in [5, 5.41) is 11.3. The molecule has 5 nitrogen and oxygen atoms in total. The van der Waals surface area contributed by atoms with E-state index in [1.54, 1.807) is 6.21 Å². The average molecular weight is 389 g/mol. The predicted octanol–water partition coefficient (Wildman–Crippen LogP) is 4.42. The maximum atomic E-state index is 12.2. The van der Waals surface area contributed by atoms with E-state index < -0.39 is 0 Å². The molecule has 0 saturated carbocycles. The molecule has 1 N–H and O–H groups in total. The molecule has 4 rings (SSSR count). The number of furan rings is 1. The van der Waals surface area contributed by atoms with E-state index in [4.69, 9.17) is 4.42 Å². The normalized spacial score (nSPS) is 18.1. The third kappa shape index (κ3) is 4.40. The number of nitrogens with zero attached hydrogens (tertiary/aromatic N) is 2. The SMILES string of the molecule is Cc1cccc(CC2S/C(=N/N=C/c3ccc(-c4ccccc4)o3)NC2=O)c1. The van der Waals surface area contributed by atoms with Crippen LogP contribution in [0, 0.1) is 6.92 Å². The summed E-state index contributed by atoms with van der Waals surface area (Å²) in [6.07, 6.45) is 2.21. The van der Waals surface area contributed by atoms with Gasteiger partial charge in [-0.1, -0.05) is 71.9 Å². The van der Waals surface area contributed by atoms with Gasteiger partial charge in [0.25, 0.3) is 0 Å². The molecule has 1 aliphatic heterocycles. The molecule has 2 heterocycles. The number of hydrogen-bond donors (Lipinski definition) is 1. The van der Waals surface area contributed by atoms with Gasteiger partial charge in [-0.2, -0.15) is 5.10 Å². The van der Waals surface area contributed by atoms with Crippen molar-refractivity contribution in [1.29, 1.82) is 0 Å². The largest absolute Gasteiger partial charge is 0.455 e. The van der Waals surface area contributed by atoms with E-state index in [0.29, 0.717) is 17.3 Å². The van der Waals surface area contributed by atoms with E-state index in [9.17, 15) is 4.79 Å². The lowest BCUT2D eigenvalue weighted by Crippen LogP contribution is -2.25. The Bertz CT molecular complexity index is 1040. The molecular weight excluding hydrogens is 370 g/mol. The van der Waals surface area contributed by atoms with Crippen LogP contribution in [0.15, 0.2) is 81.4 Å². The lowest BCUT2D eigenvalue weighted by Gasteiger charge is -2.05. The van der Waals surface area contributed by atoms with E-state index in [2.05, 4.69) is 21.6 Å². The second-order valence-electron chi connectivity index (χ2n) is 6.51. The van der Waals surface area contributed by atoms with Crippen LogP contribution in [0.3, 0.4) is 0 Å². The van der Waals surface area contributed by atoms with E-state index in [-0.39, 0.29) is 11.2 Å². The highest BCUT2D eigenvalue weighted by Crippen LogP contribution is 2.24. The number of hydrogen-bond acceptors (Lipinski definition) is 5. The molecule has 6 heteroatoms. The quantitative estimate of drug-likeness (QED) is 0.519. The van der Waals surface area contributed by atoms with Crippen LogP contribution in [0.25, 0.3) is 11.3 Å². The molecule has 1 fully saturated rings. The summed E-state index contributed by atoms with van der Waals surface area (Å²) in [6, 6.07) is 21.8. The van der Waals surface area contributed by atoms with E-state index in [0.717, 1.165) is 16.9 Å². The highest BCUT2D eigenvalue weighted by Gasteiger charge is 2.30. The Morgan fingerprint density at radius 3 is 2.79 bits per heavy atom. The Labute approximate surface area is 167 Å². The van der Waals surface area contributed by atoms with Crippen molar-refractivity contribution >= 4 is 29.1 Å². The van der Waals surface area contributed by atoms with Crippen molar-refractivity contribution in [3.63, 3.8) is 0 Å². The second kappa shape index (κ2) is 8.27. The molecule has 2 aromatic carbocycles. The number of amidine groups is 1. The first-order chi connectivity index (χ1) is 13.7. The fraction of sp³-hybridized carbons (Fsp3) is 0.136. The zero-order valence-corrected chi connectivity index (χ0v) is 16.1. The van der Waals surface area contributed by atoms with Crippen molar-refractivity contribution in [1.82, 2.24) is 5.32 Å². The first kappa shape index (κ1) is 18.3. The van der Waals surface area contributed by atoms with Crippen molar-refractivity contribution in [3.8, 4) is 11.3 Å². The Morgan fingerprint density at radius 2 is 1.96 bits per heavy atom. The first-order valence-electron chi connectivity index (χ1n) is 8.97. The molecule has 0 bridgehead atoms. The van der Waals surface area contributed by atoms with Gasteiger partial charge in [-0.05, 0) is 31.0 Å². The number of nitrogens with one attached hydrogen (secondary N) is 1. The number of rotatable bonds is 5. The summed E-state index contributed by atoms with van der Waals surface area (Å²) in [7, 11) is 0. The molecule has 1 amide bonds. The Hall–Kier alpha value is -3.12. The molecule has 1 aromatic heterocycles. The fourth-order valence-corrected chi connectivity index (χ4v) is 3.92.